The van der Waals surface area contributed by atoms with E-state index < -0.39 is 16.1 Å². The summed E-state index contributed by atoms with van der Waals surface area (Å²) in [7, 11) is -3.65. The maximum atomic E-state index is 13.0. The average molecular weight is 416 g/mol. The number of halogens is 1. The van der Waals surface area contributed by atoms with Crippen LogP contribution in [0.4, 0.5) is 0 Å². The van der Waals surface area contributed by atoms with Crippen LogP contribution < -0.4 is 5.32 Å². The Bertz CT molecular complexity index is 926. The van der Waals surface area contributed by atoms with Crippen LogP contribution in [0.15, 0.2) is 29.4 Å². The zero-order valence-corrected chi connectivity index (χ0v) is 16.2. The molecule has 2 saturated heterocycles. The topological polar surface area (TPSA) is 119 Å². The van der Waals surface area contributed by atoms with Gasteiger partial charge in [0.2, 0.25) is 15.9 Å². The Kier molecular flexibility index (Phi) is 5.73. The van der Waals surface area contributed by atoms with E-state index in [1.54, 1.807) is 23.2 Å². The van der Waals surface area contributed by atoms with E-state index in [4.69, 9.17) is 0 Å². The SMILES string of the molecule is Cl.O=C(C1CC(O)CN1)N1CCN(S(=O)(=O)c2c[nH]c3ncccc23)CC1. The quantitative estimate of drug-likeness (QED) is 0.624. The number of aliphatic hydroxyl groups is 1. The van der Waals surface area contributed by atoms with Gasteiger partial charge < -0.3 is 20.3 Å². The van der Waals surface area contributed by atoms with Crippen LogP contribution in [0.2, 0.25) is 0 Å². The molecule has 0 spiro atoms. The molecule has 2 aliphatic rings. The normalized spacial score (nSPS) is 24.1. The molecular formula is C16H22ClN5O4S. The number of hydrogen-bond acceptors (Lipinski definition) is 6. The van der Waals surface area contributed by atoms with Crippen molar-refractivity contribution in [1.29, 1.82) is 0 Å². The van der Waals surface area contributed by atoms with Gasteiger partial charge in [0, 0.05) is 50.5 Å². The fourth-order valence-corrected chi connectivity index (χ4v) is 5.13. The van der Waals surface area contributed by atoms with E-state index >= 15 is 0 Å². The van der Waals surface area contributed by atoms with Gasteiger partial charge in [0.15, 0.2) is 0 Å². The summed E-state index contributed by atoms with van der Waals surface area (Å²) >= 11 is 0. The first-order chi connectivity index (χ1) is 12.5. The predicted octanol–water partition coefficient (Wildman–Crippen LogP) is -0.460. The largest absolute Gasteiger partial charge is 0.392 e. The second-order valence-electron chi connectivity index (χ2n) is 6.63. The second kappa shape index (κ2) is 7.72. The lowest BCUT2D eigenvalue weighted by Crippen LogP contribution is -2.54. The number of aromatic nitrogens is 2. The highest BCUT2D eigenvalue weighted by molar-refractivity contribution is 7.89. The van der Waals surface area contributed by atoms with Gasteiger partial charge in [0.05, 0.1) is 12.1 Å². The summed E-state index contributed by atoms with van der Waals surface area (Å²) in [6.45, 7) is 1.59. The van der Waals surface area contributed by atoms with Gasteiger partial charge in [-0.3, -0.25) is 4.79 Å². The zero-order valence-electron chi connectivity index (χ0n) is 14.5. The third-order valence-electron chi connectivity index (χ3n) is 4.99. The first kappa shape index (κ1) is 20.0. The molecule has 4 rings (SSSR count). The first-order valence-corrected chi connectivity index (χ1v) is 10.0. The minimum absolute atomic E-state index is 0. The highest BCUT2D eigenvalue weighted by atomic mass is 35.5. The fourth-order valence-electron chi connectivity index (χ4n) is 3.56. The lowest BCUT2D eigenvalue weighted by atomic mass is 10.1. The van der Waals surface area contributed by atoms with E-state index in [9.17, 15) is 18.3 Å². The van der Waals surface area contributed by atoms with Crippen LogP contribution in [0.1, 0.15) is 6.42 Å². The number of nitrogens with one attached hydrogen (secondary N) is 2. The number of piperazine rings is 1. The number of amides is 1. The molecule has 2 aromatic rings. The molecule has 0 bridgehead atoms. The fraction of sp³-hybridized carbons (Fsp3) is 0.500. The van der Waals surface area contributed by atoms with Crippen molar-refractivity contribution < 1.29 is 18.3 Å². The maximum absolute atomic E-state index is 13.0. The minimum Gasteiger partial charge on any atom is -0.392 e. The number of H-pyrrole nitrogens is 1. The molecule has 0 aliphatic carbocycles. The molecule has 2 fully saturated rings. The van der Waals surface area contributed by atoms with Gasteiger partial charge in [-0.05, 0) is 18.6 Å². The predicted molar refractivity (Wildman–Crippen MR) is 101 cm³/mol. The summed E-state index contributed by atoms with van der Waals surface area (Å²) in [4.78, 5) is 21.4. The summed E-state index contributed by atoms with van der Waals surface area (Å²) in [5.41, 5.74) is 0.533. The summed E-state index contributed by atoms with van der Waals surface area (Å²) in [6, 6.07) is 3.05. The van der Waals surface area contributed by atoms with Crippen molar-refractivity contribution in [3.05, 3.63) is 24.5 Å². The molecule has 0 radical (unpaired) electrons. The molecule has 3 N–H and O–H groups in total. The van der Waals surface area contributed by atoms with Crippen LogP contribution in [0.5, 0.6) is 0 Å². The summed E-state index contributed by atoms with van der Waals surface area (Å²) in [6.07, 6.45) is 2.97. The number of aliphatic hydroxyl groups excluding tert-OH is 1. The third-order valence-corrected chi connectivity index (χ3v) is 6.93. The number of fused-ring (bicyclic) bond motifs is 1. The Balaban J connectivity index is 0.00000210. The van der Waals surface area contributed by atoms with E-state index in [1.807, 2.05) is 0 Å². The Labute approximate surface area is 163 Å². The van der Waals surface area contributed by atoms with Crippen molar-refractivity contribution in [2.45, 2.75) is 23.5 Å². The van der Waals surface area contributed by atoms with Gasteiger partial charge in [-0.15, -0.1) is 12.4 Å². The molecular weight excluding hydrogens is 394 g/mol. The molecule has 2 aromatic heterocycles. The second-order valence-corrected chi connectivity index (χ2v) is 8.54. The van der Waals surface area contributed by atoms with Crippen molar-refractivity contribution in [2.24, 2.45) is 0 Å². The number of aromatic amines is 1. The van der Waals surface area contributed by atoms with Gasteiger partial charge >= 0.3 is 0 Å². The molecule has 27 heavy (non-hydrogen) atoms. The van der Waals surface area contributed by atoms with Crippen molar-refractivity contribution in [3.8, 4) is 0 Å². The van der Waals surface area contributed by atoms with E-state index in [0.29, 0.717) is 37.1 Å². The van der Waals surface area contributed by atoms with Crippen LogP contribution in [0.25, 0.3) is 11.0 Å². The van der Waals surface area contributed by atoms with Crippen LogP contribution in [0.3, 0.4) is 0 Å². The number of β-amino-alcohol motifs (C(OH)–C–C–N with tert-alkyl or cyclic N) is 1. The zero-order chi connectivity index (χ0) is 18.3. The smallest absolute Gasteiger partial charge is 0.245 e. The number of pyridine rings is 1. The van der Waals surface area contributed by atoms with Crippen molar-refractivity contribution in [1.82, 2.24) is 24.5 Å². The standard InChI is InChI=1S/C16H21N5O4S.ClH/c22-11-8-13(18-9-11)16(23)20-4-6-21(7-5-20)26(24,25)14-10-19-15-12(14)2-1-3-17-15;/h1-3,10-11,13,18,22H,4-9H2,(H,17,19);1H. The van der Waals surface area contributed by atoms with E-state index in [1.165, 1.54) is 10.5 Å². The van der Waals surface area contributed by atoms with Crippen LogP contribution in [-0.4, -0.2) is 83.5 Å². The van der Waals surface area contributed by atoms with Crippen molar-refractivity contribution >= 4 is 39.4 Å². The molecule has 0 aromatic carbocycles. The number of rotatable bonds is 3. The molecule has 2 unspecified atom stereocenters. The van der Waals surface area contributed by atoms with Gasteiger partial charge in [-0.2, -0.15) is 4.31 Å². The molecule has 4 heterocycles. The van der Waals surface area contributed by atoms with Gasteiger partial charge in [-0.25, -0.2) is 13.4 Å². The number of nitrogens with zero attached hydrogens (tertiary/aromatic N) is 3. The van der Waals surface area contributed by atoms with Crippen LogP contribution in [-0.2, 0) is 14.8 Å². The number of hydrogen-bond donors (Lipinski definition) is 3. The maximum Gasteiger partial charge on any atom is 0.245 e. The summed E-state index contributed by atoms with van der Waals surface area (Å²) in [5.74, 6) is -0.0742. The molecule has 148 valence electrons. The van der Waals surface area contributed by atoms with E-state index in [2.05, 4.69) is 15.3 Å². The van der Waals surface area contributed by atoms with Gasteiger partial charge in [-0.1, -0.05) is 0 Å². The lowest BCUT2D eigenvalue weighted by molar-refractivity contribution is -0.134. The summed E-state index contributed by atoms with van der Waals surface area (Å²) < 4.78 is 27.3. The highest BCUT2D eigenvalue weighted by Crippen LogP contribution is 2.25. The molecule has 0 saturated carbocycles. The van der Waals surface area contributed by atoms with E-state index in [-0.39, 0.29) is 42.3 Å². The Morgan fingerprint density at radius 1 is 1.26 bits per heavy atom. The molecule has 11 heteroatoms. The minimum atomic E-state index is -3.65. The average Bonchev–Trinajstić information content (AvgIpc) is 3.28. The summed E-state index contributed by atoms with van der Waals surface area (Å²) in [5, 5.41) is 13.1. The molecule has 2 aliphatic heterocycles. The van der Waals surface area contributed by atoms with Crippen LogP contribution in [0, 0.1) is 0 Å². The molecule has 9 nitrogen and oxygen atoms in total. The van der Waals surface area contributed by atoms with Gasteiger partial charge in [0.25, 0.3) is 0 Å². The Hall–Kier alpha value is -1.72. The number of sulfonamides is 1. The van der Waals surface area contributed by atoms with E-state index in [0.717, 1.165) is 0 Å². The molecule has 1 amide bonds. The molecule has 2 atom stereocenters. The monoisotopic (exact) mass is 415 g/mol. The number of carbonyl (C=O) groups excluding carboxylic acids is 1. The van der Waals surface area contributed by atoms with Crippen LogP contribution >= 0.6 is 12.4 Å². The Morgan fingerprint density at radius 2 is 2.00 bits per heavy atom. The third kappa shape index (κ3) is 3.67. The first-order valence-electron chi connectivity index (χ1n) is 8.59. The van der Waals surface area contributed by atoms with Crippen molar-refractivity contribution in [2.75, 3.05) is 32.7 Å². The highest BCUT2D eigenvalue weighted by Gasteiger charge is 2.35. The number of carbonyl (C=O) groups is 1. The lowest BCUT2D eigenvalue weighted by Gasteiger charge is -2.35. The van der Waals surface area contributed by atoms with Gasteiger partial charge in [0.1, 0.15) is 10.5 Å². The van der Waals surface area contributed by atoms with Crippen molar-refractivity contribution in [3.63, 3.8) is 0 Å². The Morgan fingerprint density at radius 3 is 2.67 bits per heavy atom.